The van der Waals surface area contributed by atoms with Crippen LogP contribution in [0.25, 0.3) is 32.9 Å². The van der Waals surface area contributed by atoms with Crippen molar-refractivity contribution in [3.8, 4) is 23.0 Å². The Labute approximate surface area is 281 Å². The molecule has 2 aromatic heterocycles. The highest BCUT2D eigenvalue weighted by molar-refractivity contribution is 6.02. The number of pyridine rings is 1. The number of esters is 1. The summed E-state index contributed by atoms with van der Waals surface area (Å²) in [5.41, 5.74) is 0.142. The highest BCUT2D eigenvalue weighted by Gasteiger charge is 2.49. The van der Waals surface area contributed by atoms with Crippen LogP contribution in [0.15, 0.2) is 30.5 Å². The van der Waals surface area contributed by atoms with Crippen LogP contribution in [0.1, 0.15) is 50.5 Å². The molecule has 0 N–H and O–H groups in total. The summed E-state index contributed by atoms with van der Waals surface area (Å²) in [5.74, 6) is -0.748. The lowest BCUT2D eigenvalue weighted by Gasteiger charge is -2.34. The van der Waals surface area contributed by atoms with Crippen LogP contribution in [0.5, 0.6) is 11.8 Å². The van der Waals surface area contributed by atoms with Gasteiger partial charge in [0.05, 0.1) is 17.5 Å². The molecule has 10 nitrogen and oxygen atoms in total. The van der Waals surface area contributed by atoms with Crippen LogP contribution in [0, 0.1) is 11.6 Å². The minimum absolute atomic E-state index is 0.0129. The lowest BCUT2D eigenvalue weighted by Crippen LogP contribution is -2.43. The van der Waals surface area contributed by atoms with Gasteiger partial charge < -0.3 is 23.8 Å². The number of hydrogen-bond acceptors (Lipinski definition) is 10. The molecule has 5 aliphatic heterocycles. The van der Waals surface area contributed by atoms with Crippen molar-refractivity contribution in [1.82, 2.24) is 19.9 Å². The number of anilines is 1. The molecule has 0 radical (unpaired) electrons. The van der Waals surface area contributed by atoms with Gasteiger partial charge in [0.25, 0.3) is 0 Å². The van der Waals surface area contributed by atoms with Gasteiger partial charge >= 0.3 is 12.0 Å². The van der Waals surface area contributed by atoms with Crippen LogP contribution >= 0.6 is 0 Å². The number of ether oxygens (including phenoxy) is 4. The van der Waals surface area contributed by atoms with Crippen molar-refractivity contribution in [2.24, 2.45) is 0 Å². The zero-order valence-electron chi connectivity index (χ0n) is 27.4. The lowest BCUT2D eigenvalue weighted by molar-refractivity contribution is -0.149. The second-order valence-electron chi connectivity index (χ2n) is 13.6. The lowest BCUT2D eigenvalue weighted by atomic mass is 9.93. The summed E-state index contributed by atoms with van der Waals surface area (Å²) in [6.07, 6.45) is 4.35. The summed E-state index contributed by atoms with van der Waals surface area (Å²) in [4.78, 5) is 31.1. The maximum Gasteiger partial charge on any atom is 0.319 e. The Hall–Kier alpha value is -4.23. The average Bonchev–Trinajstić information content (AvgIpc) is 3.62. The number of alkyl halides is 1. The van der Waals surface area contributed by atoms with Crippen LogP contribution in [-0.4, -0.2) is 90.3 Å². The van der Waals surface area contributed by atoms with Gasteiger partial charge in [-0.25, -0.2) is 13.2 Å². The van der Waals surface area contributed by atoms with E-state index in [4.69, 9.17) is 23.9 Å². The molecular formula is C36H38F3N5O5. The van der Waals surface area contributed by atoms with Gasteiger partial charge in [-0.05, 0) is 79.6 Å². The Bertz CT molecular complexity index is 1930. The topological polar surface area (TPSA) is 99.1 Å². The van der Waals surface area contributed by atoms with Crippen LogP contribution in [0.4, 0.5) is 19.0 Å². The second-order valence-corrected chi connectivity index (χ2v) is 13.6. The first kappa shape index (κ1) is 32.0. The molecule has 49 heavy (non-hydrogen) atoms. The third kappa shape index (κ3) is 5.90. The quantitative estimate of drug-likeness (QED) is 0.181. The number of halogens is 3. The van der Waals surface area contributed by atoms with E-state index in [0.717, 1.165) is 19.4 Å². The van der Waals surface area contributed by atoms with E-state index < -0.39 is 29.4 Å². The third-order valence-corrected chi connectivity index (χ3v) is 10.4. The highest BCUT2D eigenvalue weighted by atomic mass is 19.1. The molecule has 13 heteroatoms. The van der Waals surface area contributed by atoms with Crippen LogP contribution < -0.4 is 14.4 Å². The van der Waals surface area contributed by atoms with Gasteiger partial charge in [0, 0.05) is 44.8 Å². The number of piperidine rings is 1. The van der Waals surface area contributed by atoms with Gasteiger partial charge in [-0.1, -0.05) is 6.07 Å². The summed E-state index contributed by atoms with van der Waals surface area (Å²) in [6.45, 7) is 2.23. The van der Waals surface area contributed by atoms with E-state index in [1.165, 1.54) is 19.4 Å². The molecule has 5 aliphatic rings. The minimum Gasteiger partial charge on any atom is -0.468 e. The molecule has 9 rings (SSSR count). The predicted molar refractivity (Wildman–Crippen MR) is 176 cm³/mol. The van der Waals surface area contributed by atoms with E-state index in [2.05, 4.69) is 14.9 Å². The second kappa shape index (κ2) is 12.9. The number of carbonyl (C=O) groups is 1. The number of carbonyl (C=O) groups excluding carboxylic acids is 1. The largest absolute Gasteiger partial charge is 0.468 e. The Morgan fingerprint density at radius 1 is 1.06 bits per heavy atom. The van der Waals surface area contributed by atoms with E-state index in [-0.39, 0.29) is 49.4 Å². The van der Waals surface area contributed by atoms with Crippen molar-refractivity contribution in [2.45, 2.75) is 69.2 Å². The summed E-state index contributed by atoms with van der Waals surface area (Å²) >= 11 is 0. The Kier molecular flexibility index (Phi) is 8.43. The number of benzene rings is 2. The van der Waals surface area contributed by atoms with E-state index in [9.17, 15) is 9.18 Å². The highest BCUT2D eigenvalue weighted by Crippen LogP contribution is 2.42. The Balaban J connectivity index is 1.31. The summed E-state index contributed by atoms with van der Waals surface area (Å²) < 4.78 is 70.3. The molecule has 3 saturated heterocycles. The molecular weight excluding hydrogens is 639 g/mol. The number of hydrogen-bond donors (Lipinski definition) is 0. The maximum atomic E-state index is 17.1. The molecule has 3 atom stereocenters. The normalized spacial score (nSPS) is 24.2. The molecule has 2 aromatic carbocycles. The first-order chi connectivity index (χ1) is 23.8. The molecule has 0 saturated carbocycles. The third-order valence-electron chi connectivity index (χ3n) is 10.4. The van der Waals surface area contributed by atoms with Gasteiger partial charge in [0.1, 0.15) is 47.5 Å². The van der Waals surface area contributed by atoms with E-state index >= 15 is 8.78 Å². The van der Waals surface area contributed by atoms with Gasteiger partial charge in [-0.3, -0.25) is 14.7 Å². The maximum absolute atomic E-state index is 17.1. The molecule has 3 fully saturated rings. The van der Waals surface area contributed by atoms with Crippen molar-refractivity contribution >= 4 is 33.5 Å². The predicted octanol–water partition coefficient (Wildman–Crippen LogP) is 5.91. The van der Waals surface area contributed by atoms with E-state index in [0.29, 0.717) is 84.2 Å². The molecule has 7 heterocycles. The van der Waals surface area contributed by atoms with Crippen molar-refractivity contribution in [3.05, 3.63) is 47.7 Å². The van der Waals surface area contributed by atoms with Crippen LogP contribution in [0.2, 0.25) is 0 Å². The molecule has 6 bridgehead atoms. The molecule has 258 valence electrons. The van der Waals surface area contributed by atoms with Gasteiger partial charge in [0.15, 0.2) is 12.6 Å². The smallest absolute Gasteiger partial charge is 0.319 e. The van der Waals surface area contributed by atoms with E-state index in [1.807, 2.05) is 4.90 Å². The Morgan fingerprint density at radius 2 is 1.96 bits per heavy atom. The number of nitrogens with zero attached hydrogens (tertiary/aromatic N) is 5. The zero-order valence-corrected chi connectivity index (χ0v) is 27.4. The molecule has 0 aliphatic carbocycles. The van der Waals surface area contributed by atoms with Crippen molar-refractivity contribution in [2.75, 3.05) is 51.6 Å². The summed E-state index contributed by atoms with van der Waals surface area (Å²) in [6, 6.07) is 6.30. The number of fused-ring (bicyclic) bond motifs is 6. The number of rotatable bonds is 6. The van der Waals surface area contributed by atoms with E-state index in [1.54, 1.807) is 18.2 Å². The molecule has 0 amide bonds. The summed E-state index contributed by atoms with van der Waals surface area (Å²) in [7, 11) is 1.49. The van der Waals surface area contributed by atoms with Crippen LogP contribution in [-0.2, 0) is 20.7 Å². The van der Waals surface area contributed by atoms with Crippen molar-refractivity contribution in [3.63, 3.8) is 0 Å². The fourth-order valence-electron chi connectivity index (χ4n) is 8.17. The average molecular weight is 678 g/mol. The zero-order chi connectivity index (χ0) is 33.7. The number of aromatic nitrogens is 3. The Morgan fingerprint density at radius 3 is 2.84 bits per heavy atom. The number of aryl methyl sites for hydroxylation is 1. The summed E-state index contributed by atoms with van der Waals surface area (Å²) in [5, 5.41) is 1.44. The fraction of sp³-hybridized carbons (Fsp3) is 0.500. The molecule has 0 spiro atoms. The van der Waals surface area contributed by atoms with Gasteiger partial charge in [-0.2, -0.15) is 9.97 Å². The standard InChI is InChI=1S/C36H38F3N5O5/c1-46-20-48-24-13-21-8-9-28(38)25-6-2-7-29(45)49-23-5-3-11-43(18-23)34-27-16-40-32(26(14-24)30(21)25)31(39)33(27)41-35(42-34)47-19-36-10-4-12-44(36)17-22(37)15-36/h8-9,13-14,16,22-23H,2-7,10-12,15,17-20H2,1H3/t22-,23-,36+/m1/s1. The van der Waals surface area contributed by atoms with Gasteiger partial charge in [0.2, 0.25) is 0 Å². The van der Waals surface area contributed by atoms with Crippen LogP contribution in [0.3, 0.4) is 0 Å². The van der Waals surface area contributed by atoms with Crippen molar-refractivity contribution in [1.29, 1.82) is 0 Å². The molecule has 4 aromatic rings. The molecule has 0 unspecified atom stereocenters. The van der Waals surface area contributed by atoms with Crippen molar-refractivity contribution < 1.29 is 36.9 Å². The minimum atomic E-state index is -0.934. The first-order valence-electron chi connectivity index (χ1n) is 17.0. The fourth-order valence-corrected chi connectivity index (χ4v) is 8.17. The monoisotopic (exact) mass is 677 g/mol. The number of methoxy groups -OCH3 is 1. The van der Waals surface area contributed by atoms with Gasteiger partial charge in [-0.15, -0.1) is 0 Å². The first-order valence-corrected chi connectivity index (χ1v) is 17.0. The SMILES string of the molecule is COCOc1cc2c3c(c(F)ccc3c1)CCCC(=O)O[C@@H]1CCCN(C1)c1nc(OC[C@@]34CCCN3C[C@H](F)C4)nc3c(F)c-2ncc13.